The predicted octanol–water partition coefficient (Wildman–Crippen LogP) is 2.93. The number of likely N-dealkylation sites (N-methyl/N-ethyl adjacent to an activating group) is 1. The summed E-state index contributed by atoms with van der Waals surface area (Å²) in [6.07, 6.45) is 0.656. The molecule has 1 N–H and O–H groups in total. The lowest BCUT2D eigenvalue weighted by Gasteiger charge is -2.24. The predicted molar refractivity (Wildman–Crippen MR) is 88.1 cm³/mol. The molecule has 1 atom stereocenters. The quantitative estimate of drug-likeness (QED) is 0.909. The Labute approximate surface area is 132 Å². The standard InChI is InChI=1S/C17H25N3O2/c1-5-20(17(21)18-12(2)3)11-14-10-16(19-22-14)15-9-7-6-8-13(15)4/h6-9,12,14H,5,10-11H2,1-4H3,(H,18,21)/t14-/m1/s1. The van der Waals surface area contributed by atoms with E-state index in [2.05, 4.69) is 29.5 Å². The minimum Gasteiger partial charge on any atom is -0.390 e. The smallest absolute Gasteiger partial charge is 0.317 e. The van der Waals surface area contributed by atoms with E-state index < -0.39 is 0 Å². The van der Waals surface area contributed by atoms with E-state index in [4.69, 9.17) is 4.84 Å². The molecule has 0 spiro atoms. The molecule has 22 heavy (non-hydrogen) atoms. The van der Waals surface area contributed by atoms with Crippen molar-refractivity contribution < 1.29 is 9.63 Å². The number of urea groups is 1. The number of oxime groups is 1. The lowest BCUT2D eigenvalue weighted by atomic mass is 10.0. The third-order valence-corrected chi connectivity index (χ3v) is 3.69. The Morgan fingerprint density at radius 1 is 1.45 bits per heavy atom. The van der Waals surface area contributed by atoms with Crippen molar-refractivity contribution >= 4 is 11.7 Å². The van der Waals surface area contributed by atoms with Crippen LogP contribution in [0.1, 0.15) is 38.3 Å². The Morgan fingerprint density at radius 2 is 2.18 bits per heavy atom. The first-order valence-corrected chi connectivity index (χ1v) is 7.85. The van der Waals surface area contributed by atoms with Gasteiger partial charge in [-0.1, -0.05) is 29.4 Å². The van der Waals surface area contributed by atoms with Gasteiger partial charge in [-0.2, -0.15) is 0 Å². The van der Waals surface area contributed by atoms with E-state index in [1.807, 2.05) is 32.9 Å². The Morgan fingerprint density at radius 3 is 2.82 bits per heavy atom. The van der Waals surface area contributed by atoms with Gasteiger partial charge in [0.05, 0.1) is 12.3 Å². The summed E-state index contributed by atoms with van der Waals surface area (Å²) in [7, 11) is 0. The highest BCUT2D eigenvalue weighted by Gasteiger charge is 2.26. The first-order chi connectivity index (χ1) is 10.5. The van der Waals surface area contributed by atoms with Crippen molar-refractivity contribution in [3.63, 3.8) is 0 Å². The van der Waals surface area contributed by atoms with Gasteiger partial charge in [0.2, 0.25) is 0 Å². The van der Waals surface area contributed by atoms with E-state index in [1.165, 1.54) is 5.56 Å². The van der Waals surface area contributed by atoms with Gasteiger partial charge in [-0.3, -0.25) is 0 Å². The van der Waals surface area contributed by atoms with Gasteiger partial charge in [0.15, 0.2) is 6.10 Å². The van der Waals surface area contributed by atoms with Gasteiger partial charge in [-0.25, -0.2) is 4.79 Å². The zero-order chi connectivity index (χ0) is 16.1. The number of nitrogens with zero attached hydrogens (tertiary/aromatic N) is 2. The van der Waals surface area contributed by atoms with Crippen molar-refractivity contribution in [2.45, 2.75) is 46.3 Å². The van der Waals surface area contributed by atoms with Crippen LogP contribution in [0.2, 0.25) is 0 Å². The van der Waals surface area contributed by atoms with E-state index in [9.17, 15) is 4.79 Å². The van der Waals surface area contributed by atoms with Gasteiger partial charge in [0.25, 0.3) is 0 Å². The molecule has 1 aliphatic rings. The maximum absolute atomic E-state index is 12.1. The molecular formula is C17H25N3O2. The molecule has 0 bridgehead atoms. The average Bonchev–Trinajstić information content (AvgIpc) is 2.92. The number of rotatable bonds is 5. The fourth-order valence-corrected chi connectivity index (χ4v) is 2.52. The van der Waals surface area contributed by atoms with Crippen molar-refractivity contribution in [3.8, 4) is 0 Å². The molecule has 5 heteroatoms. The monoisotopic (exact) mass is 303 g/mol. The SMILES string of the molecule is CCN(C[C@H]1CC(c2ccccc2C)=NO1)C(=O)NC(C)C. The topological polar surface area (TPSA) is 53.9 Å². The fraction of sp³-hybridized carbons (Fsp3) is 0.529. The number of amides is 2. The third-order valence-electron chi connectivity index (χ3n) is 3.69. The minimum atomic E-state index is -0.0764. The van der Waals surface area contributed by atoms with E-state index in [-0.39, 0.29) is 18.2 Å². The Balaban J connectivity index is 1.94. The molecule has 5 nitrogen and oxygen atoms in total. The molecule has 2 rings (SSSR count). The van der Waals surface area contributed by atoms with Crippen LogP contribution >= 0.6 is 0 Å². The number of aryl methyl sites for hydroxylation is 1. The van der Waals surface area contributed by atoms with Crippen molar-refractivity contribution in [1.82, 2.24) is 10.2 Å². The zero-order valence-corrected chi connectivity index (χ0v) is 13.8. The van der Waals surface area contributed by atoms with Crippen LogP contribution in [0.25, 0.3) is 0 Å². The number of hydrogen-bond acceptors (Lipinski definition) is 3. The van der Waals surface area contributed by atoms with Crippen LogP contribution in [0.4, 0.5) is 4.79 Å². The van der Waals surface area contributed by atoms with Crippen molar-refractivity contribution in [2.24, 2.45) is 5.16 Å². The molecule has 1 aromatic carbocycles. The maximum Gasteiger partial charge on any atom is 0.317 e. The summed E-state index contributed by atoms with van der Waals surface area (Å²) in [5, 5.41) is 7.13. The summed E-state index contributed by atoms with van der Waals surface area (Å²) >= 11 is 0. The summed E-state index contributed by atoms with van der Waals surface area (Å²) in [6, 6.07) is 8.23. The Kier molecular flexibility index (Phi) is 5.41. The fourth-order valence-electron chi connectivity index (χ4n) is 2.52. The van der Waals surface area contributed by atoms with Gasteiger partial charge in [-0.15, -0.1) is 0 Å². The van der Waals surface area contributed by atoms with Crippen LogP contribution in [-0.4, -0.2) is 41.9 Å². The molecule has 0 unspecified atom stereocenters. The van der Waals surface area contributed by atoms with Gasteiger partial charge < -0.3 is 15.1 Å². The van der Waals surface area contributed by atoms with Crippen LogP contribution in [-0.2, 0) is 4.84 Å². The molecule has 1 heterocycles. The van der Waals surface area contributed by atoms with Crippen LogP contribution < -0.4 is 5.32 Å². The van der Waals surface area contributed by atoms with E-state index >= 15 is 0 Å². The summed E-state index contributed by atoms with van der Waals surface area (Å²) in [4.78, 5) is 19.4. The number of carbonyl (C=O) groups excluding carboxylic acids is 1. The highest BCUT2D eigenvalue weighted by atomic mass is 16.6. The summed E-state index contributed by atoms with van der Waals surface area (Å²) in [5.74, 6) is 0. The molecule has 0 aromatic heterocycles. The summed E-state index contributed by atoms with van der Waals surface area (Å²) in [5.41, 5.74) is 3.28. The largest absolute Gasteiger partial charge is 0.390 e. The number of hydrogen-bond donors (Lipinski definition) is 1. The van der Waals surface area contributed by atoms with Crippen LogP contribution in [0.15, 0.2) is 29.4 Å². The van der Waals surface area contributed by atoms with Gasteiger partial charge in [0, 0.05) is 24.6 Å². The number of nitrogens with one attached hydrogen (secondary N) is 1. The van der Waals surface area contributed by atoms with E-state index in [0.717, 1.165) is 17.7 Å². The Hall–Kier alpha value is -2.04. The zero-order valence-electron chi connectivity index (χ0n) is 13.8. The molecule has 0 radical (unpaired) electrons. The second-order valence-corrected chi connectivity index (χ2v) is 5.93. The van der Waals surface area contributed by atoms with E-state index in [0.29, 0.717) is 13.1 Å². The van der Waals surface area contributed by atoms with Crippen molar-refractivity contribution in [3.05, 3.63) is 35.4 Å². The molecule has 1 aromatic rings. The van der Waals surface area contributed by atoms with Crippen LogP contribution in [0.5, 0.6) is 0 Å². The molecular weight excluding hydrogens is 278 g/mol. The average molecular weight is 303 g/mol. The second-order valence-electron chi connectivity index (χ2n) is 5.93. The lowest BCUT2D eigenvalue weighted by molar-refractivity contribution is 0.0614. The Bertz CT molecular complexity index is 555. The van der Waals surface area contributed by atoms with Crippen molar-refractivity contribution in [2.75, 3.05) is 13.1 Å². The first kappa shape index (κ1) is 16.3. The van der Waals surface area contributed by atoms with Gasteiger partial charge >= 0.3 is 6.03 Å². The van der Waals surface area contributed by atoms with Crippen molar-refractivity contribution in [1.29, 1.82) is 0 Å². The molecule has 0 aliphatic carbocycles. The summed E-state index contributed by atoms with van der Waals surface area (Å²) < 4.78 is 0. The third kappa shape index (κ3) is 4.00. The molecule has 0 saturated carbocycles. The molecule has 1 aliphatic heterocycles. The summed E-state index contributed by atoms with van der Waals surface area (Å²) in [6.45, 7) is 9.15. The molecule has 2 amide bonds. The number of benzene rings is 1. The normalized spacial score (nSPS) is 17.1. The van der Waals surface area contributed by atoms with Crippen LogP contribution in [0, 0.1) is 6.92 Å². The highest BCUT2D eigenvalue weighted by Crippen LogP contribution is 2.20. The second kappa shape index (κ2) is 7.29. The minimum absolute atomic E-state index is 0.0505. The maximum atomic E-state index is 12.1. The molecule has 120 valence electrons. The molecule has 0 saturated heterocycles. The van der Waals surface area contributed by atoms with E-state index in [1.54, 1.807) is 4.90 Å². The number of carbonyl (C=O) groups is 1. The van der Waals surface area contributed by atoms with Crippen LogP contribution in [0.3, 0.4) is 0 Å². The highest BCUT2D eigenvalue weighted by molar-refractivity contribution is 6.02. The first-order valence-electron chi connectivity index (χ1n) is 7.85. The lowest BCUT2D eigenvalue weighted by Crippen LogP contribution is -2.45. The van der Waals surface area contributed by atoms with Gasteiger partial charge in [0.1, 0.15) is 0 Å². The molecule has 0 fully saturated rings. The van der Waals surface area contributed by atoms with Gasteiger partial charge in [-0.05, 0) is 33.3 Å².